The molecule has 1 amide bonds. The van der Waals surface area contributed by atoms with Crippen LogP contribution in [0.15, 0.2) is 85.3 Å². The Morgan fingerprint density at radius 1 is 0.939 bits per heavy atom. The molecule has 0 bridgehead atoms. The highest BCUT2D eigenvalue weighted by molar-refractivity contribution is 5.94. The number of nitrogens with zero attached hydrogens (tertiary/aromatic N) is 1. The Labute approximate surface area is 199 Å². The van der Waals surface area contributed by atoms with Gasteiger partial charge in [-0.1, -0.05) is 67.7 Å². The van der Waals surface area contributed by atoms with E-state index in [1.807, 2.05) is 0 Å². The fourth-order valence-electron chi connectivity index (χ4n) is 2.78. The van der Waals surface area contributed by atoms with Gasteiger partial charge in [0.25, 0.3) is 5.91 Å². The van der Waals surface area contributed by atoms with Gasteiger partial charge in [-0.2, -0.15) is 0 Å². The summed E-state index contributed by atoms with van der Waals surface area (Å²) in [5.41, 5.74) is 0.429. The normalized spacial score (nSPS) is 13.0. The molecular weight excluding hydrogens is 412 g/mol. The molecule has 5 heteroatoms. The minimum absolute atomic E-state index is 0.317. The molecule has 1 atom stereocenters. The zero-order chi connectivity index (χ0) is 24.0. The van der Waals surface area contributed by atoms with Crippen molar-refractivity contribution in [3.63, 3.8) is 0 Å². The lowest BCUT2D eigenvalue weighted by Gasteiger charge is -2.14. The summed E-state index contributed by atoms with van der Waals surface area (Å²) >= 11 is 0. The summed E-state index contributed by atoms with van der Waals surface area (Å²) in [6.45, 7) is 3.78. The average molecular weight is 451 g/mol. The van der Waals surface area contributed by atoms with Crippen LogP contribution in [0, 0.1) is 0 Å². The van der Waals surface area contributed by atoms with Gasteiger partial charge in [-0.05, 0) is 64.0 Å². The maximum absolute atomic E-state index is 12.0. The topological polar surface area (TPSA) is 68.3 Å². The monoisotopic (exact) mass is 450 g/mol. The van der Waals surface area contributed by atoms with Gasteiger partial charge in [-0.25, -0.2) is 0 Å². The number of ether oxygens (including phenoxy) is 1. The number of carbonyl (C=O) groups excluding carboxylic acids is 2. The van der Waals surface area contributed by atoms with E-state index in [9.17, 15) is 9.59 Å². The van der Waals surface area contributed by atoms with Crippen molar-refractivity contribution in [1.82, 2.24) is 10.3 Å². The van der Waals surface area contributed by atoms with Crippen LogP contribution in [-0.4, -0.2) is 23.1 Å². The molecule has 0 aliphatic heterocycles. The number of allylic oxidation sites excluding steroid dienone is 10. The van der Waals surface area contributed by atoms with Crippen molar-refractivity contribution in [2.24, 2.45) is 0 Å². The molecular formula is C28H38N2O3. The molecule has 5 nitrogen and oxygen atoms in total. The molecule has 0 aliphatic rings. The maximum atomic E-state index is 12.0. The third-order valence-corrected chi connectivity index (χ3v) is 4.48. The van der Waals surface area contributed by atoms with Gasteiger partial charge >= 0.3 is 5.97 Å². The molecule has 178 valence electrons. The second-order valence-corrected chi connectivity index (χ2v) is 7.45. The van der Waals surface area contributed by atoms with Crippen molar-refractivity contribution in [1.29, 1.82) is 0 Å². The van der Waals surface area contributed by atoms with E-state index in [1.54, 1.807) is 25.3 Å². The third-order valence-electron chi connectivity index (χ3n) is 4.48. The lowest BCUT2D eigenvalue weighted by atomic mass is 10.2. The molecule has 1 aromatic heterocycles. The van der Waals surface area contributed by atoms with Crippen molar-refractivity contribution < 1.29 is 14.3 Å². The van der Waals surface area contributed by atoms with Crippen molar-refractivity contribution in [3.8, 4) is 0 Å². The first-order valence-corrected chi connectivity index (χ1v) is 11.8. The summed E-state index contributed by atoms with van der Waals surface area (Å²) in [4.78, 5) is 27.8. The van der Waals surface area contributed by atoms with Gasteiger partial charge in [0, 0.05) is 18.8 Å². The minimum Gasteiger partial charge on any atom is -0.442 e. The highest BCUT2D eigenvalue weighted by atomic mass is 16.6. The maximum Gasteiger partial charge on any atom is 0.307 e. The molecule has 0 saturated carbocycles. The van der Waals surface area contributed by atoms with E-state index in [4.69, 9.17) is 4.74 Å². The van der Waals surface area contributed by atoms with Crippen LogP contribution < -0.4 is 5.32 Å². The Balaban J connectivity index is 2.04. The van der Waals surface area contributed by atoms with Crippen LogP contribution in [0.2, 0.25) is 0 Å². The van der Waals surface area contributed by atoms with Crippen LogP contribution in [-0.2, 0) is 9.53 Å². The molecule has 0 fully saturated rings. The summed E-state index contributed by atoms with van der Waals surface area (Å²) in [7, 11) is 0. The smallest absolute Gasteiger partial charge is 0.307 e. The summed E-state index contributed by atoms with van der Waals surface area (Å²) in [6.07, 6.45) is 30.8. The Morgan fingerprint density at radius 2 is 1.52 bits per heavy atom. The fraction of sp³-hybridized carbons (Fsp3) is 0.393. The molecule has 0 aromatic carbocycles. The van der Waals surface area contributed by atoms with E-state index in [-0.39, 0.29) is 11.9 Å². The highest BCUT2D eigenvalue weighted by Crippen LogP contribution is 2.03. The fourth-order valence-corrected chi connectivity index (χ4v) is 2.78. The van der Waals surface area contributed by atoms with Crippen LogP contribution in [0.25, 0.3) is 0 Å². The third kappa shape index (κ3) is 16.1. The zero-order valence-electron chi connectivity index (χ0n) is 20.0. The van der Waals surface area contributed by atoms with E-state index >= 15 is 0 Å². The number of nitrogens with one attached hydrogen (secondary N) is 1. The summed E-state index contributed by atoms with van der Waals surface area (Å²) in [6, 6.07) is 3.34. The first-order valence-electron chi connectivity index (χ1n) is 11.8. The number of hydrogen-bond donors (Lipinski definition) is 1. The van der Waals surface area contributed by atoms with Crippen molar-refractivity contribution >= 4 is 11.9 Å². The number of rotatable bonds is 16. The van der Waals surface area contributed by atoms with Gasteiger partial charge in [0.2, 0.25) is 0 Å². The number of hydrogen-bond acceptors (Lipinski definition) is 4. The highest BCUT2D eigenvalue weighted by Gasteiger charge is 2.13. The van der Waals surface area contributed by atoms with E-state index < -0.39 is 6.23 Å². The van der Waals surface area contributed by atoms with Crippen LogP contribution in [0.4, 0.5) is 0 Å². The van der Waals surface area contributed by atoms with E-state index in [0.29, 0.717) is 18.4 Å². The molecule has 1 unspecified atom stereocenters. The lowest BCUT2D eigenvalue weighted by molar-refractivity contribution is -0.149. The van der Waals surface area contributed by atoms with Gasteiger partial charge < -0.3 is 10.1 Å². The standard InChI is InChI=1S/C28H38N2O3/c1-3-4-5-6-7-8-9-10-11-12-13-14-15-16-17-18-19-22-27(31)33-25(2)30-28(32)26-21-20-23-29-24-26/h4-5,7-8,10-11,13-14,16-17,20-21,23-25H,3,6,9,12,15,18-19,22H2,1-2H3,(H,30,32). The first kappa shape index (κ1) is 27.8. The number of carbonyl (C=O) groups is 2. The second kappa shape index (κ2) is 19.5. The Bertz CT molecular complexity index is 808. The van der Waals surface area contributed by atoms with E-state index in [1.165, 1.54) is 6.20 Å². The average Bonchev–Trinajstić information content (AvgIpc) is 2.81. The number of unbranched alkanes of at least 4 members (excludes halogenated alkanes) is 1. The molecule has 0 spiro atoms. The van der Waals surface area contributed by atoms with E-state index in [2.05, 4.69) is 78.0 Å². The van der Waals surface area contributed by atoms with Crippen molar-refractivity contribution in [2.75, 3.05) is 0 Å². The Hall–Kier alpha value is -3.21. The molecule has 1 heterocycles. The number of esters is 1. The van der Waals surface area contributed by atoms with Crippen LogP contribution in [0.5, 0.6) is 0 Å². The quantitative estimate of drug-likeness (QED) is 0.133. The van der Waals surface area contributed by atoms with Crippen molar-refractivity contribution in [2.45, 2.75) is 71.4 Å². The van der Waals surface area contributed by atoms with Gasteiger partial charge in [-0.3, -0.25) is 14.6 Å². The number of amides is 1. The van der Waals surface area contributed by atoms with Crippen LogP contribution in [0.1, 0.15) is 75.6 Å². The largest absolute Gasteiger partial charge is 0.442 e. The predicted octanol–water partition coefficient (Wildman–Crippen LogP) is 6.62. The summed E-state index contributed by atoms with van der Waals surface area (Å²) in [5.74, 6) is -0.636. The number of pyridine rings is 1. The molecule has 1 rings (SSSR count). The van der Waals surface area contributed by atoms with Gasteiger partial charge in [-0.15, -0.1) is 0 Å². The Kier molecular flexibility index (Phi) is 16.4. The zero-order valence-corrected chi connectivity index (χ0v) is 20.0. The van der Waals surface area contributed by atoms with Gasteiger partial charge in [0.05, 0.1) is 5.56 Å². The number of aromatic nitrogens is 1. The first-order chi connectivity index (χ1) is 16.1. The predicted molar refractivity (Wildman–Crippen MR) is 136 cm³/mol. The summed E-state index contributed by atoms with van der Waals surface area (Å²) < 4.78 is 5.23. The van der Waals surface area contributed by atoms with Crippen molar-refractivity contribution in [3.05, 3.63) is 90.9 Å². The van der Waals surface area contributed by atoms with E-state index in [0.717, 1.165) is 38.5 Å². The SMILES string of the molecule is CCC=CCC=CCC=CCC=CCC=CCCCC(=O)OC(C)NC(=O)c1cccnc1. The summed E-state index contributed by atoms with van der Waals surface area (Å²) in [5, 5.41) is 2.63. The second-order valence-electron chi connectivity index (χ2n) is 7.45. The van der Waals surface area contributed by atoms with Crippen LogP contribution in [0.3, 0.4) is 0 Å². The molecule has 33 heavy (non-hydrogen) atoms. The molecule has 0 aliphatic carbocycles. The minimum atomic E-state index is -0.682. The molecule has 0 saturated heterocycles. The van der Waals surface area contributed by atoms with Gasteiger partial charge in [0.1, 0.15) is 0 Å². The lowest BCUT2D eigenvalue weighted by Crippen LogP contribution is -2.36. The molecule has 0 radical (unpaired) electrons. The van der Waals surface area contributed by atoms with Crippen LogP contribution >= 0.6 is 0 Å². The Morgan fingerprint density at radius 3 is 2.06 bits per heavy atom. The molecule has 1 N–H and O–H groups in total. The molecule has 1 aromatic rings. The van der Waals surface area contributed by atoms with Gasteiger partial charge in [0.15, 0.2) is 6.23 Å².